The van der Waals surface area contributed by atoms with Crippen molar-refractivity contribution in [3.8, 4) is 0 Å². The maximum atomic E-state index is 3.42. The third-order valence-electron chi connectivity index (χ3n) is 4.20. The van der Waals surface area contributed by atoms with E-state index >= 15 is 0 Å². The molecule has 0 saturated heterocycles. The lowest BCUT2D eigenvalue weighted by Gasteiger charge is -2.45. The van der Waals surface area contributed by atoms with Crippen LogP contribution in [0.25, 0.3) is 0 Å². The quantitative estimate of drug-likeness (QED) is 0.815. The minimum Gasteiger partial charge on any atom is -0.317 e. The molecule has 0 heterocycles. The summed E-state index contributed by atoms with van der Waals surface area (Å²) in [5.41, 5.74) is 2.98. The fourth-order valence-corrected chi connectivity index (χ4v) is 2.99. The van der Waals surface area contributed by atoms with Crippen LogP contribution in [0, 0.1) is 5.92 Å². The third kappa shape index (κ3) is 2.01. The van der Waals surface area contributed by atoms with Crippen molar-refractivity contribution < 1.29 is 0 Å². The molecule has 88 valence electrons. The molecule has 0 aromatic heterocycles. The van der Waals surface area contributed by atoms with Crippen LogP contribution in [0.4, 0.5) is 0 Å². The molecule has 1 heteroatoms. The zero-order chi connectivity index (χ0) is 11.5. The van der Waals surface area contributed by atoms with Crippen LogP contribution in [-0.4, -0.2) is 13.1 Å². The predicted octanol–water partition coefficient (Wildman–Crippen LogP) is 3.35. The van der Waals surface area contributed by atoms with Crippen LogP contribution in [-0.2, 0) is 6.42 Å². The molecule has 1 N–H and O–H groups in total. The average Bonchev–Trinajstić information content (AvgIpc) is 2.30. The van der Waals surface area contributed by atoms with Gasteiger partial charge in [-0.1, -0.05) is 44.5 Å². The first kappa shape index (κ1) is 11.7. The van der Waals surface area contributed by atoms with E-state index < -0.39 is 0 Å². The van der Waals surface area contributed by atoms with E-state index in [-0.39, 0.29) is 0 Å². The van der Waals surface area contributed by atoms with Gasteiger partial charge in [0.25, 0.3) is 0 Å². The molecule has 3 unspecified atom stereocenters. The molecule has 0 spiro atoms. The third-order valence-corrected chi connectivity index (χ3v) is 4.20. The van der Waals surface area contributed by atoms with Gasteiger partial charge in [0, 0.05) is 6.04 Å². The van der Waals surface area contributed by atoms with Gasteiger partial charge in [0.1, 0.15) is 0 Å². The van der Waals surface area contributed by atoms with Crippen molar-refractivity contribution in [1.82, 2.24) is 5.32 Å². The minimum absolute atomic E-state index is 0.737. The SMILES string of the molecule is CCc1ccc(C2CC(NC)C2CC)cc1. The Morgan fingerprint density at radius 3 is 2.38 bits per heavy atom. The zero-order valence-corrected chi connectivity index (χ0v) is 10.7. The van der Waals surface area contributed by atoms with Gasteiger partial charge in [-0.15, -0.1) is 0 Å². The summed E-state index contributed by atoms with van der Waals surface area (Å²) in [6.45, 7) is 4.52. The summed E-state index contributed by atoms with van der Waals surface area (Å²) in [7, 11) is 2.09. The Bertz CT molecular complexity index is 328. The summed E-state index contributed by atoms with van der Waals surface area (Å²) in [4.78, 5) is 0. The monoisotopic (exact) mass is 217 g/mol. The Morgan fingerprint density at radius 1 is 1.19 bits per heavy atom. The molecule has 1 saturated carbocycles. The van der Waals surface area contributed by atoms with Crippen LogP contribution in [0.2, 0.25) is 0 Å². The normalized spacial score (nSPS) is 28.8. The van der Waals surface area contributed by atoms with E-state index in [9.17, 15) is 0 Å². The number of rotatable bonds is 4. The molecule has 2 rings (SSSR count). The summed E-state index contributed by atoms with van der Waals surface area (Å²) in [5.74, 6) is 1.62. The summed E-state index contributed by atoms with van der Waals surface area (Å²) >= 11 is 0. The number of benzene rings is 1. The number of aryl methyl sites for hydroxylation is 1. The average molecular weight is 217 g/mol. The Labute approximate surface area is 99.3 Å². The van der Waals surface area contributed by atoms with E-state index in [0.29, 0.717) is 0 Å². The molecule has 1 aromatic carbocycles. The van der Waals surface area contributed by atoms with Gasteiger partial charge < -0.3 is 5.32 Å². The Kier molecular flexibility index (Phi) is 3.65. The fraction of sp³-hybridized carbons (Fsp3) is 0.600. The lowest BCUT2D eigenvalue weighted by atomic mass is 9.65. The van der Waals surface area contributed by atoms with E-state index in [1.54, 1.807) is 0 Å². The van der Waals surface area contributed by atoms with Gasteiger partial charge in [0.15, 0.2) is 0 Å². The van der Waals surface area contributed by atoms with Gasteiger partial charge >= 0.3 is 0 Å². The van der Waals surface area contributed by atoms with Crippen LogP contribution in [0.3, 0.4) is 0 Å². The summed E-state index contributed by atoms with van der Waals surface area (Å²) in [5, 5.41) is 3.42. The molecule has 0 amide bonds. The fourth-order valence-electron chi connectivity index (χ4n) is 2.99. The van der Waals surface area contributed by atoms with Crippen LogP contribution in [0.5, 0.6) is 0 Å². The summed E-state index contributed by atoms with van der Waals surface area (Å²) in [6, 6.07) is 9.97. The van der Waals surface area contributed by atoms with E-state index in [0.717, 1.165) is 24.3 Å². The van der Waals surface area contributed by atoms with Gasteiger partial charge in [0.05, 0.1) is 0 Å². The molecule has 1 fully saturated rings. The van der Waals surface area contributed by atoms with E-state index in [4.69, 9.17) is 0 Å². The van der Waals surface area contributed by atoms with Crippen LogP contribution in [0.1, 0.15) is 43.7 Å². The zero-order valence-electron chi connectivity index (χ0n) is 10.7. The lowest BCUT2D eigenvalue weighted by molar-refractivity contribution is 0.169. The molecule has 1 aliphatic rings. The number of hydrogen-bond acceptors (Lipinski definition) is 1. The highest BCUT2D eigenvalue weighted by Crippen LogP contribution is 2.44. The van der Waals surface area contributed by atoms with Gasteiger partial charge in [-0.05, 0) is 42.9 Å². The molecular formula is C15H23N. The first-order valence-electron chi connectivity index (χ1n) is 6.56. The molecule has 16 heavy (non-hydrogen) atoms. The van der Waals surface area contributed by atoms with Crippen molar-refractivity contribution in [3.05, 3.63) is 35.4 Å². The molecule has 3 atom stereocenters. The van der Waals surface area contributed by atoms with E-state index in [1.807, 2.05) is 0 Å². The Balaban J connectivity index is 2.07. The second-order valence-corrected chi connectivity index (χ2v) is 4.90. The number of hydrogen-bond donors (Lipinski definition) is 1. The molecule has 0 bridgehead atoms. The van der Waals surface area contributed by atoms with Crippen molar-refractivity contribution in [2.75, 3.05) is 7.05 Å². The molecule has 1 nitrogen and oxygen atoms in total. The van der Waals surface area contributed by atoms with Gasteiger partial charge in [-0.25, -0.2) is 0 Å². The lowest BCUT2D eigenvalue weighted by Crippen LogP contribution is -2.47. The van der Waals surface area contributed by atoms with Crippen molar-refractivity contribution in [1.29, 1.82) is 0 Å². The van der Waals surface area contributed by atoms with Crippen molar-refractivity contribution in [3.63, 3.8) is 0 Å². The van der Waals surface area contributed by atoms with Crippen molar-refractivity contribution >= 4 is 0 Å². The predicted molar refractivity (Wildman–Crippen MR) is 69.8 cm³/mol. The molecule has 0 radical (unpaired) electrons. The van der Waals surface area contributed by atoms with Crippen molar-refractivity contribution in [2.24, 2.45) is 5.92 Å². The second-order valence-electron chi connectivity index (χ2n) is 4.90. The largest absolute Gasteiger partial charge is 0.317 e. The molecular weight excluding hydrogens is 194 g/mol. The van der Waals surface area contributed by atoms with Crippen molar-refractivity contribution in [2.45, 2.75) is 45.1 Å². The Hall–Kier alpha value is -0.820. The van der Waals surface area contributed by atoms with E-state index in [2.05, 4.69) is 50.5 Å². The first-order valence-corrected chi connectivity index (χ1v) is 6.56. The number of nitrogens with one attached hydrogen (secondary N) is 1. The summed E-state index contributed by atoms with van der Waals surface area (Å²) < 4.78 is 0. The second kappa shape index (κ2) is 5.01. The molecule has 1 aliphatic carbocycles. The topological polar surface area (TPSA) is 12.0 Å². The highest BCUT2D eigenvalue weighted by molar-refractivity contribution is 5.28. The maximum Gasteiger partial charge on any atom is 0.0104 e. The van der Waals surface area contributed by atoms with Gasteiger partial charge in [-0.3, -0.25) is 0 Å². The van der Waals surface area contributed by atoms with Crippen LogP contribution >= 0.6 is 0 Å². The standard InChI is InChI=1S/C15H23N/c1-4-11-6-8-12(9-7-11)14-10-15(16-3)13(14)5-2/h6-9,13-16H,4-5,10H2,1-3H3. The highest BCUT2D eigenvalue weighted by atomic mass is 14.9. The van der Waals surface area contributed by atoms with Gasteiger partial charge in [-0.2, -0.15) is 0 Å². The molecule has 0 aliphatic heterocycles. The van der Waals surface area contributed by atoms with Crippen LogP contribution < -0.4 is 5.32 Å². The minimum atomic E-state index is 0.737. The van der Waals surface area contributed by atoms with Gasteiger partial charge in [0.2, 0.25) is 0 Å². The molecule has 1 aromatic rings. The van der Waals surface area contributed by atoms with E-state index in [1.165, 1.54) is 24.0 Å². The summed E-state index contributed by atoms with van der Waals surface area (Å²) in [6.07, 6.45) is 3.73. The first-order chi connectivity index (χ1) is 7.80. The van der Waals surface area contributed by atoms with Crippen LogP contribution in [0.15, 0.2) is 24.3 Å². The maximum absolute atomic E-state index is 3.42. The smallest absolute Gasteiger partial charge is 0.0104 e. The Morgan fingerprint density at radius 2 is 1.88 bits per heavy atom. The highest BCUT2D eigenvalue weighted by Gasteiger charge is 2.39.